The lowest BCUT2D eigenvalue weighted by Crippen LogP contribution is -2.53. The van der Waals surface area contributed by atoms with Crippen molar-refractivity contribution in [1.29, 1.82) is 0 Å². The van der Waals surface area contributed by atoms with E-state index in [-0.39, 0.29) is 6.10 Å². The Bertz CT molecular complexity index is 552. The van der Waals surface area contributed by atoms with Crippen LogP contribution in [-0.4, -0.2) is 23.3 Å². The van der Waals surface area contributed by atoms with Gasteiger partial charge in [-0.2, -0.15) is 0 Å². The molecule has 0 saturated heterocycles. The summed E-state index contributed by atoms with van der Waals surface area (Å²) in [6.07, 6.45) is 15.5. The largest absolute Gasteiger partial charge is 0.393 e. The van der Waals surface area contributed by atoms with Crippen LogP contribution in [0.5, 0.6) is 0 Å². The third-order valence-electron chi connectivity index (χ3n) is 9.09. The highest BCUT2D eigenvalue weighted by atomic mass is 16.3. The number of aliphatic hydroxyl groups is 1. The third-order valence-corrected chi connectivity index (χ3v) is 9.09. The lowest BCUT2D eigenvalue weighted by Gasteiger charge is -2.58. The molecule has 7 atom stereocenters. The number of fused-ring (bicyclic) bond motifs is 5. The first kappa shape index (κ1) is 15.9. The molecule has 0 aromatic carbocycles. The summed E-state index contributed by atoms with van der Waals surface area (Å²) in [5.41, 5.74) is 2.54. The maximum absolute atomic E-state index is 10.1. The SMILES string of the molecule is C[C@]12CCC(O)CC1=CC[C@@H]1[C@@H]2CC[C@]2(C)C(NC3CC3)CC[C@@H]12. The van der Waals surface area contributed by atoms with Gasteiger partial charge in [-0.3, -0.25) is 0 Å². The molecule has 5 aliphatic carbocycles. The van der Waals surface area contributed by atoms with Gasteiger partial charge in [0.05, 0.1) is 6.10 Å². The number of rotatable bonds is 2. The Kier molecular flexibility index (Phi) is 3.53. The van der Waals surface area contributed by atoms with Crippen molar-refractivity contribution in [2.24, 2.45) is 28.6 Å². The summed E-state index contributed by atoms with van der Waals surface area (Å²) in [4.78, 5) is 0. The van der Waals surface area contributed by atoms with Crippen molar-refractivity contribution in [3.05, 3.63) is 11.6 Å². The van der Waals surface area contributed by atoms with E-state index in [0.717, 1.165) is 42.7 Å². The Morgan fingerprint density at radius 3 is 2.62 bits per heavy atom. The van der Waals surface area contributed by atoms with Crippen LogP contribution in [0.25, 0.3) is 0 Å². The van der Waals surface area contributed by atoms with E-state index in [1.807, 2.05) is 0 Å². The molecule has 0 aromatic heterocycles. The monoisotopic (exact) mass is 329 g/mol. The van der Waals surface area contributed by atoms with Crippen molar-refractivity contribution in [3.63, 3.8) is 0 Å². The number of hydrogen-bond donors (Lipinski definition) is 2. The summed E-state index contributed by atoms with van der Waals surface area (Å²) in [7, 11) is 0. The molecular weight excluding hydrogens is 294 g/mol. The van der Waals surface area contributed by atoms with Crippen LogP contribution in [0.4, 0.5) is 0 Å². The Morgan fingerprint density at radius 2 is 1.83 bits per heavy atom. The van der Waals surface area contributed by atoms with Crippen LogP contribution in [-0.2, 0) is 0 Å². The predicted octanol–water partition coefficient (Wildman–Crippen LogP) is 4.43. The Labute approximate surface area is 147 Å². The van der Waals surface area contributed by atoms with Gasteiger partial charge in [-0.05, 0) is 92.8 Å². The predicted molar refractivity (Wildman–Crippen MR) is 97.7 cm³/mol. The molecule has 0 aromatic rings. The second-order valence-corrected chi connectivity index (χ2v) is 10.3. The van der Waals surface area contributed by atoms with Gasteiger partial charge in [0, 0.05) is 12.1 Å². The molecule has 0 amide bonds. The van der Waals surface area contributed by atoms with Crippen molar-refractivity contribution in [2.45, 2.75) is 96.2 Å². The second kappa shape index (κ2) is 5.33. The van der Waals surface area contributed by atoms with Crippen LogP contribution in [0.15, 0.2) is 11.6 Å². The molecule has 2 unspecified atom stereocenters. The van der Waals surface area contributed by atoms with Crippen LogP contribution in [0.3, 0.4) is 0 Å². The van der Waals surface area contributed by atoms with Crippen molar-refractivity contribution in [3.8, 4) is 0 Å². The zero-order valence-corrected chi connectivity index (χ0v) is 15.6. The van der Waals surface area contributed by atoms with E-state index < -0.39 is 0 Å². The van der Waals surface area contributed by atoms with Gasteiger partial charge in [0.15, 0.2) is 0 Å². The lowest BCUT2D eigenvalue weighted by molar-refractivity contribution is -0.0435. The molecule has 0 bridgehead atoms. The van der Waals surface area contributed by atoms with E-state index in [2.05, 4.69) is 25.2 Å². The van der Waals surface area contributed by atoms with Gasteiger partial charge in [-0.25, -0.2) is 0 Å². The average Bonchev–Trinajstić information content (AvgIpc) is 3.31. The smallest absolute Gasteiger partial charge is 0.0577 e. The van der Waals surface area contributed by atoms with Crippen molar-refractivity contribution in [2.75, 3.05) is 0 Å². The fourth-order valence-corrected chi connectivity index (χ4v) is 7.45. The molecule has 24 heavy (non-hydrogen) atoms. The molecule has 5 aliphatic rings. The first-order valence-corrected chi connectivity index (χ1v) is 10.6. The first-order chi connectivity index (χ1) is 11.5. The standard InChI is InChI=1S/C22H35NO/c1-21-11-9-16(24)13-14(21)3-6-17-18-7-8-20(23-15-4-5-15)22(18,2)12-10-19(17)21/h3,15-20,23-24H,4-13H2,1-2H3/t16?,17-,18-,19-,20?,21-,22-/m0/s1. The van der Waals surface area contributed by atoms with Gasteiger partial charge in [0.1, 0.15) is 0 Å². The topological polar surface area (TPSA) is 32.3 Å². The average molecular weight is 330 g/mol. The third kappa shape index (κ3) is 2.21. The van der Waals surface area contributed by atoms with E-state index in [0.29, 0.717) is 10.8 Å². The minimum atomic E-state index is -0.0756. The molecule has 0 spiro atoms. The van der Waals surface area contributed by atoms with Crippen LogP contribution in [0.1, 0.15) is 78.1 Å². The number of allylic oxidation sites excluding steroid dienone is 1. The maximum atomic E-state index is 10.1. The zero-order chi connectivity index (χ0) is 16.5. The van der Waals surface area contributed by atoms with Gasteiger partial charge >= 0.3 is 0 Å². The quantitative estimate of drug-likeness (QED) is 0.735. The molecule has 2 nitrogen and oxygen atoms in total. The summed E-state index contributed by atoms with van der Waals surface area (Å²) in [5, 5.41) is 14.1. The maximum Gasteiger partial charge on any atom is 0.0577 e. The molecule has 0 radical (unpaired) electrons. The Balaban J connectivity index is 1.42. The summed E-state index contributed by atoms with van der Waals surface area (Å²) in [6.45, 7) is 5.16. The number of nitrogens with one attached hydrogen (secondary N) is 1. The molecule has 2 N–H and O–H groups in total. The summed E-state index contributed by atoms with van der Waals surface area (Å²) in [5.74, 6) is 2.70. The van der Waals surface area contributed by atoms with E-state index >= 15 is 0 Å². The highest BCUT2D eigenvalue weighted by molar-refractivity contribution is 5.25. The van der Waals surface area contributed by atoms with Gasteiger partial charge in [-0.1, -0.05) is 25.5 Å². The molecule has 0 heterocycles. The van der Waals surface area contributed by atoms with Gasteiger partial charge in [0.25, 0.3) is 0 Å². The normalized spacial score (nSPS) is 53.8. The highest BCUT2D eigenvalue weighted by Crippen LogP contribution is 2.64. The van der Waals surface area contributed by atoms with Crippen LogP contribution < -0.4 is 5.32 Å². The fraction of sp³-hybridized carbons (Fsp3) is 0.909. The number of hydrogen-bond acceptors (Lipinski definition) is 2. The number of aliphatic hydroxyl groups excluding tert-OH is 1. The Hall–Kier alpha value is -0.340. The van der Waals surface area contributed by atoms with Crippen LogP contribution in [0.2, 0.25) is 0 Å². The second-order valence-electron chi connectivity index (χ2n) is 10.3. The van der Waals surface area contributed by atoms with E-state index in [1.165, 1.54) is 51.4 Å². The molecule has 5 rings (SSSR count). The molecule has 4 saturated carbocycles. The highest BCUT2D eigenvalue weighted by Gasteiger charge is 2.58. The molecular formula is C22H35NO. The van der Waals surface area contributed by atoms with E-state index in [1.54, 1.807) is 5.57 Å². The lowest BCUT2D eigenvalue weighted by atomic mass is 9.48. The molecule has 134 valence electrons. The van der Waals surface area contributed by atoms with Crippen molar-refractivity contribution < 1.29 is 5.11 Å². The van der Waals surface area contributed by atoms with E-state index in [9.17, 15) is 5.11 Å². The van der Waals surface area contributed by atoms with E-state index in [4.69, 9.17) is 0 Å². The van der Waals surface area contributed by atoms with Gasteiger partial charge in [-0.15, -0.1) is 0 Å². The minimum absolute atomic E-state index is 0.0756. The fourth-order valence-electron chi connectivity index (χ4n) is 7.45. The summed E-state index contributed by atoms with van der Waals surface area (Å²) in [6, 6.07) is 1.63. The Morgan fingerprint density at radius 1 is 1.00 bits per heavy atom. The summed E-state index contributed by atoms with van der Waals surface area (Å²) < 4.78 is 0. The molecule has 2 heteroatoms. The van der Waals surface area contributed by atoms with Crippen LogP contribution in [0, 0.1) is 28.6 Å². The molecule has 0 aliphatic heterocycles. The van der Waals surface area contributed by atoms with Crippen molar-refractivity contribution in [1.82, 2.24) is 5.32 Å². The van der Waals surface area contributed by atoms with Crippen molar-refractivity contribution >= 4 is 0 Å². The van der Waals surface area contributed by atoms with Gasteiger partial charge in [0.2, 0.25) is 0 Å². The van der Waals surface area contributed by atoms with Gasteiger partial charge < -0.3 is 10.4 Å². The zero-order valence-electron chi connectivity index (χ0n) is 15.6. The minimum Gasteiger partial charge on any atom is -0.393 e. The molecule has 4 fully saturated rings. The first-order valence-electron chi connectivity index (χ1n) is 10.6. The van der Waals surface area contributed by atoms with Crippen LogP contribution >= 0.6 is 0 Å². The summed E-state index contributed by atoms with van der Waals surface area (Å²) >= 11 is 0.